The van der Waals surface area contributed by atoms with Crippen molar-refractivity contribution in [3.8, 4) is 11.1 Å². The van der Waals surface area contributed by atoms with Crippen LogP contribution in [0, 0.1) is 0 Å². The van der Waals surface area contributed by atoms with Crippen molar-refractivity contribution in [2.45, 2.75) is 31.1 Å². The summed E-state index contributed by atoms with van der Waals surface area (Å²) in [7, 11) is -3.90. The van der Waals surface area contributed by atoms with Gasteiger partial charge >= 0.3 is 0 Å². The predicted octanol–water partition coefficient (Wildman–Crippen LogP) is 2.70. The highest BCUT2D eigenvalue weighted by Gasteiger charge is 2.43. The van der Waals surface area contributed by atoms with E-state index in [9.17, 15) is 26.8 Å². The molecule has 0 radical (unpaired) electrons. The Kier molecular flexibility index (Phi) is 6.42. The first-order chi connectivity index (χ1) is 15.0. The molecule has 11 heteroatoms. The molecule has 0 bridgehead atoms. The van der Waals surface area contributed by atoms with Crippen LogP contribution in [0.1, 0.15) is 25.3 Å². The van der Waals surface area contributed by atoms with Gasteiger partial charge in [0.25, 0.3) is 17.9 Å². The van der Waals surface area contributed by atoms with Crippen molar-refractivity contribution in [2.24, 2.45) is 0 Å². The minimum Gasteiger partial charge on any atom is -0.299 e. The second-order valence-corrected chi connectivity index (χ2v) is 10.0. The van der Waals surface area contributed by atoms with E-state index in [2.05, 4.69) is 4.98 Å². The second-order valence-electron chi connectivity index (χ2n) is 7.59. The summed E-state index contributed by atoms with van der Waals surface area (Å²) in [6, 6.07) is 10.6. The fraction of sp³-hybridized carbons (Fsp3) is 0.286. The number of rotatable bonds is 7. The number of carbonyl (C=O) groups excluding carboxylic acids is 1. The van der Waals surface area contributed by atoms with Gasteiger partial charge in [-0.25, -0.2) is 27.7 Å². The lowest BCUT2D eigenvalue weighted by Crippen LogP contribution is -2.50. The Morgan fingerprint density at radius 3 is 2.38 bits per heavy atom. The van der Waals surface area contributed by atoms with Crippen LogP contribution in [0.3, 0.4) is 0 Å². The van der Waals surface area contributed by atoms with Gasteiger partial charge in [-0.15, -0.1) is 0 Å². The van der Waals surface area contributed by atoms with Crippen LogP contribution in [-0.2, 0) is 21.2 Å². The van der Waals surface area contributed by atoms with E-state index in [1.807, 2.05) is 0 Å². The summed E-state index contributed by atoms with van der Waals surface area (Å²) < 4.78 is 48.9. The zero-order valence-electron chi connectivity index (χ0n) is 17.2. The van der Waals surface area contributed by atoms with Gasteiger partial charge in [0.2, 0.25) is 0 Å². The van der Waals surface area contributed by atoms with Gasteiger partial charge in [-0.05, 0) is 36.6 Å². The molecule has 8 nitrogen and oxygen atoms in total. The van der Waals surface area contributed by atoms with E-state index in [0.29, 0.717) is 16.6 Å². The Morgan fingerprint density at radius 1 is 1.19 bits per heavy atom. The highest BCUT2D eigenvalue weighted by Crippen LogP contribution is 2.26. The number of nitrogens with one attached hydrogen (secondary N) is 1. The van der Waals surface area contributed by atoms with Crippen molar-refractivity contribution in [2.75, 3.05) is 6.26 Å². The Labute approximate surface area is 182 Å². The monoisotopic (exact) mass is 465 g/mol. The molecule has 0 aliphatic heterocycles. The highest BCUT2D eigenvalue weighted by molar-refractivity contribution is 7.92. The molecule has 3 rings (SSSR count). The molecule has 0 aliphatic rings. The van der Waals surface area contributed by atoms with E-state index in [1.165, 1.54) is 35.4 Å². The standard InChI is InChI=1S/C21H21F2N3O5S/c1-21(20(28)25-29,32(2,30)31)9-10-26-12-24-17-11-15(7-8-16(17)19(26)27)13-3-5-14(6-4-13)18(22)23/h3-8,11-12,18,29H,9-10H2,1-2H3,(H,25,28)/t21-/m1/s1. The largest absolute Gasteiger partial charge is 0.299 e. The van der Waals surface area contributed by atoms with Crippen molar-refractivity contribution in [1.29, 1.82) is 0 Å². The van der Waals surface area contributed by atoms with E-state index in [-0.39, 0.29) is 23.9 Å². The SMILES string of the molecule is C[C@@](CCn1cnc2cc(-c3ccc(C(F)F)cc3)ccc2c1=O)(C(=O)NO)S(C)(=O)=O. The van der Waals surface area contributed by atoms with Crippen molar-refractivity contribution in [3.05, 3.63) is 64.7 Å². The maximum Gasteiger partial charge on any atom is 0.264 e. The average Bonchev–Trinajstić information content (AvgIpc) is 2.76. The van der Waals surface area contributed by atoms with E-state index in [0.717, 1.165) is 6.26 Å². The third-order valence-electron chi connectivity index (χ3n) is 5.55. The summed E-state index contributed by atoms with van der Waals surface area (Å²) in [6.07, 6.45) is -0.707. The molecule has 32 heavy (non-hydrogen) atoms. The number of hydrogen-bond donors (Lipinski definition) is 2. The number of benzene rings is 2. The fourth-order valence-corrected chi connectivity index (χ4v) is 4.08. The number of alkyl halides is 2. The van der Waals surface area contributed by atoms with Crippen LogP contribution >= 0.6 is 0 Å². The number of nitrogens with zero attached hydrogens (tertiary/aromatic N) is 2. The molecule has 170 valence electrons. The quantitative estimate of drug-likeness (QED) is 0.409. The Bertz CT molecular complexity index is 1320. The van der Waals surface area contributed by atoms with Gasteiger partial charge in [0, 0.05) is 18.4 Å². The molecule has 3 aromatic rings. The molecule has 0 fully saturated rings. The van der Waals surface area contributed by atoms with Crippen LogP contribution in [0.5, 0.6) is 0 Å². The molecule has 2 N–H and O–H groups in total. The number of aromatic nitrogens is 2. The highest BCUT2D eigenvalue weighted by atomic mass is 32.2. The average molecular weight is 465 g/mol. The number of fused-ring (bicyclic) bond motifs is 1. The van der Waals surface area contributed by atoms with Gasteiger partial charge in [0.05, 0.1) is 17.2 Å². The van der Waals surface area contributed by atoms with E-state index < -0.39 is 32.5 Å². The van der Waals surface area contributed by atoms with Crippen LogP contribution in [0.4, 0.5) is 8.78 Å². The topological polar surface area (TPSA) is 118 Å². The summed E-state index contributed by atoms with van der Waals surface area (Å²) in [5, 5.41) is 9.18. The lowest BCUT2D eigenvalue weighted by Gasteiger charge is -2.25. The normalized spacial score (nSPS) is 13.8. The Balaban J connectivity index is 1.92. The van der Waals surface area contributed by atoms with Crippen LogP contribution in [0.2, 0.25) is 0 Å². The summed E-state index contributed by atoms with van der Waals surface area (Å²) >= 11 is 0. The van der Waals surface area contributed by atoms with Crippen LogP contribution in [0.25, 0.3) is 22.0 Å². The van der Waals surface area contributed by atoms with Crippen molar-refractivity contribution in [3.63, 3.8) is 0 Å². The number of aryl methyl sites for hydroxylation is 1. The van der Waals surface area contributed by atoms with Crippen molar-refractivity contribution < 1.29 is 27.2 Å². The first kappa shape index (κ1) is 23.5. The molecule has 2 aromatic carbocycles. The fourth-order valence-electron chi connectivity index (χ4n) is 3.24. The van der Waals surface area contributed by atoms with Gasteiger partial charge in [0.15, 0.2) is 14.6 Å². The molecule has 0 spiro atoms. The molecule has 1 heterocycles. The van der Waals surface area contributed by atoms with Crippen LogP contribution in [-0.4, -0.2) is 40.1 Å². The first-order valence-corrected chi connectivity index (χ1v) is 11.4. The van der Waals surface area contributed by atoms with Crippen LogP contribution < -0.4 is 11.0 Å². The van der Waals surface area contributed by atoms with E-state index in [4.69, 9.17) is 5.21 Å². The van der Waals surface area contributed by atoms with Crippen molar-refractivity contribution in [1.82, 2.24) is 15.0 Å². The number of sulfone groups is 1. The maximum atomic E-state index is 12.8. The number of hydroxylamine groups is 1. The Hall–Kier alpha value is -3.18. The van der Waals surface area contributed by atoms with Gasteiger partial charge in [0.1, 0.15) is 0 Å². The van der Waals surface area contributed by atoms with Crippen LogP contribution in [0.15, 0.2) is 53.6 Å². The molecule has 0 aliphatic carbocycles. The predicted molar refractivity (Wildman–Crippen MR) is 114 cm³/mol. The molecule has 1 amide bonds. The molecule has 0 saturated carbocycles. The first-order valence-electron chi connectivity index (χ1n) is 9.50. The molecule has 0 saturated heterocycles. The minimum atomic E-state index is -3.90. The Morgan fingerprint density at radius 2 is 1.81 bits per heavy atom. The third kappa shape index (κ3) is 4.39. The van der Waals surface area contributed by atoms with Gasteiger partial charge < -0.3 is 0 Å². The van der Waals surface area contributed by atoms with Gasteiger partial charge in [-0.3, -0.25) is 19.4 Å². The minimum absolute atomic E-state index is 0.0912. The van der Waals surface area contributed by atoms with Crippen molar-refractivity contribution >= 4 is 26.6 Å². The van der Waals surface area contributed by atoms with Gasteiger partial charge in [-0.1, -0.05) is 30.3 Å². The lowest BCUT2D eigenvalue weighted by atomic mass is 10.0. The lowest BCUT2D eigenvalue weighted by molar-refractivity contribution is -0.131. The molecule has 1 aromatic heterocycles. The summed E-state index contributed by atoms with van der Waals surface area (Å²) in [5.41, 5.74) is 2.58. The summed E-state index contributed by atoms with van der Waals surface area (Å²) in [6.45, 7) is 1.04. The van der Waals surface area contributed by atoms with Gasteiger partial charge in [-0.2, -0.15) is 0 Å². The second kappa shape index (κ2) is 8.75. The zero-order valence-corrected chi connectivity index (χ0v) is 18.1. The molecule has 1 atom stereocenters. The summed E-state index contributed by atoms with van der Waals surface area (Å²) in [5.74, 6) is -1.09. The zero-order chi connectivity index (χ0) is 23.7. The smallest absolute Gasteiger partial charge is 0.264 e. The molecular formula is C21H21F2N3O5S. The van der Waals surface area contributed by atoms with E-state index >= 15 is 0 Å². The number of halogens is 2. The number of hydrogen-bond acceptors (Lipinski definition) is 6. The molecular weight excluding hydrogens is 444 g/mol. The third-order valence-corrected chi connectivity index (χ3v) is 7.58. The number of carbonyl (C=O) groups is 1. The summed E-state index contributed by atoms with van der Waals surface area (Å²) in [4.78, 5) is 29.0. The molecule has 0 unspecified atom stereocenters. The maximum absolute atomic E-state index is 12.8. The van der Waals surface area contributed by atoms with E-state index in [1.54, 1.807) is 30.3 Å². The number of amides is 1.